The minimum absolute atomic E-state index is 0.0920. The summed E-state index contributed by atoms with van der Waals surface area (Å²) < 4.78 is 23.9. The van der Waals surface area contributed by atoms with Crippen LogP contribution in [0.5, 0.6) is 5.75 Å². The van der Waals surface area contributed by atoms with E-state index in [0.29, 0.717) is 29.9 Å². The van der Waals surface area contributed by atoms with Crippen molar-refractivity contribution in [2.45, 2.75) is 39.2 Å². The molecule has 0 fully saturated rings. The number of carbonyl (C=O) groups excluding carboxylic acids is 1. The summed E-state index contributed by atoms with van der Waals surface area (Å²) in [5, 5.41) is 5.78. The van der Waals surface area contributed by atoms with Crippen molar-refractivity contribution in [3.8, 4) is 5.75 Å². The second kappa shape index (κ2) is 8.70. The molecule has 0 saturated carbocycles. The first-order valence-corrected chi connectivity index (χ1v) is 8.71. The van der Waals surface area contributed by atoms with E-state index in [0.717, 1.165) is 12.8 Å². The molecular weight excluding hydrogens is 353 g/mol. The van der Waals surface area contributed by atoms with Crippen LogP contribution in [0.3, 0.4) is 0 Å². The Kier molecular flexibility index (Phi) is 6.59. The van der Waals surface area contributed by atoms with Gasteiger partial charge in [0, 0.05) is 25.2 Å². The number of amides is 1. The fourth-order valence-electron chi connectivity index (χ4n) is 2.32. The maximum absolute atomic E-state index is 13.8. The number of carbonyl (C=O) groups is 1. The van der Waals surface area contributed by atoms with Gasteiger partial charge in [-0.25, -0.2) is 19.2 Å². The number of ether oxygens (including phenoxy) is 2. The number of hydrogen-bond donors (Lipinski definition) is 3. The number of nitrogen functional groups attached to an aromatic ring is 1. The molecule has 0 aliphatic carbocycles. The third-order valence-electron chi connectivity index (χ3n) is 3.53. The zero-order valence-corrected chi connectivity index (χ0v) is 16.1. The van der Waals surface area contributed by atoms with Crippen molar-refractivity contribution in [3.05, 3.63) is 17.9 Å². The third-order valence-corrected chi connectivity index (χ3v) is 3.53. The van der Waals surface area contributed by atoms with Crippen molar-refractivity contribution in [2.75, 3.05) is 31.2 Å². The highest BCUT2D eigenvalue weighted by Gasteiger charge is 2.15. The van der Waals surface area contributed by atoms with E-state index in [1.54, 1.807) is 0 Å². The first-order chi connectivity index (χ1) is 12.7. The van der Waals surface area contributed by atoms with Crippen LogP contribution in [0.4, 0.5) is 20.8 Å². The van der Waals surface area contributed by atoms with Gasteiger partial charge < -0.3 is 25.8 Å². The lowest BCUT2D eigenvalue weighted by Crippen LogP contribution is -2.33. The highest BCUT2D eigenvalue weighted by Crippen LogP contribution is 2.25. The van der Waals surface area contributed by atoms with E-state index in [1.807, 2.05) is 20.8 Å². The Morgan fingerprint density at radius 1 is 1.19 bits per heavy atom. The predicted molar refractivity (Wildman–Crippen MR) is 102 cm³/mol. The first-order valence-electron chi connectivity index (χ1n) is 8.71. The molecule has 27 heavy (non-hydrogen) atoms. The van der Waals surface area contributed by atoms with Gasteiger partial charge in [0.25, 0.3) is 0 Å². The van der Waals surface area contributed by atoms with Crippen LogP contribution < -0.4 is 21.1 Å². The topological polar surface area (TPSA) is 111 Å². The zero-order chi connectivity index (χ0) is 20.0. The zero-order valence-electron chi connectivity index (χ0n) is 16.1. The molecule has 2 aromatic rings. The van der Waals surface area contributed by atoms with Gasteiger partial charge in [-0.15, -0.1) is 0 Å². The van der Waals surface area contributed by atoms with Crippen LogP contribution in [-0.4, -0.2) is 41.9 Å². The standard InChI is InChI=1S/C18H26FN5O3/c1-18(2,3)27-17(25)22-8-6-5-7-21-16-15(20)23-13-10-14(26-4)11(19)9-12(13)24-16/h9-10H,5-8H2,1-4H3,(H2,20,23)(H,21,24)(H,22,25). The molecule has 0 spiro atoms. The number of alkyl carbamates (subject to hydrolysis) is 1. The van der Waals surface area contributed by atoms with E-state index in [2.05, 4.69) is 20.6 Å². The van der Waals surface area contributed by atoms with Crippen molar-refractivity contribution in [1.29, 1.82) is 0 Å². The molecule has 0 unspecified atom stereocenters. The summed E-state index contributed by atoms with van der Waals surface area (Å²) in [6.45, 7) is 6.52. The van der Waals surface area contributed by atoms with E-state index in [-0.39, 0.29) is 11.6 Å². The molecule has 0 aliphatic rings. The summed E-state index contributed by atoms with van der Waals surface area (Å²) in [4.78, 5) is 20.1. The van der Waals surface area contributed by atoms with Gasteiger partial charge in [0.05, 0.1) is 18.1 Å². The average Bonchev–Trinajstić information content (AvgIpc) is 2.56. The molecule has 0 bridgehead atoms. The average molecular weight is 379 g/mol. The van der Waals surface area contributed by atoms with Gasteiger partial charge in [0.2, 0.25) is 0 Å². The van der Waals surface area contributed by atoms with E-state index < -0.39 is 17.5 Å². The molecule has 8 nitrogen and oxygen atoms in total. The normalized spacial score (nSPS) is 11.3. The summed E-state index contributed by atoms with van der Waals surface area (Å²) in [5.74, 6) is 0.202. The number of halogens is 1. The van der Waals surface area contributed by atoms with Gasteiger partial charge in [-0.05, 0) is 33.6 Å². The van der Waals surface area contributed by atoms with Crippen LogP contribution in [0, 0.1) is 5.82 Å². The van der Waals surface area contributed by atoms with Crippen LogP contribution in [-0.2, 0) is 4.74 Å². The van der Waals surface area contributed by atoms with Crippen molar-refractivity contribution >= 4 is 28.8 Å². The van der Waals surface area contributed by atoms with Gasteiger partial charge in [0.15, 0.2) is 23.2 Å². The Labute approximate surface area is 157 Å². The molecule has 0 saturated heterocycles. The lowest BCUT2D eigenvalue weighted by Gasteiger charge is -2.19. The molecule has 4 N–H and O–H groups in total. The molecule has 1 aromatic heterocycles. The highest BCUT2D eigenvalue weighted by atomic mass is 19.1. The number of nitrogens with zero attached hydrogens (tertiary/aromatic N) is 2. The van der Waals surface area contributed by atoms with Crippen molar-refractivity contribution < 1.29 is 18.7 Å². The molecule has 9 heteroatoms. The number of anilines is 2. The Morgan fingerprint density at radius 2 is 1.85 bits per heavy atom. The quantitative estimate of drug-likeness (QED) is 0.634. The number of benzene rings is 1. The molecule has 148 valence electrons. The molecule has 0 radical (unpaired) electrons. The fraction of sp³-hybridized carbons (Fsp3) is 0.500. The van der Waals surface area contributed by atoms with Crippen molar-refractivity contribution in [2.24, 2.45) is 0 Å². The van der Waals surface area contributed by atoms with Gasteiger partial charge in [-0.2, -0.15) is 0 Å². The lowest BCUT2D eigenvalue weighted by atomic mass is 10.2. The number of hydrogen-bond acceptors (Lipinski definition) is 7. The molecule has 1 aromatic carbocycles. The monoisotopic (exact) mass is 379 g/mol. The van der Waals surface area contributed by atoms with Gasteiger partial charge in [-0.3, -0.25) is 0 Å². The van der Waals surface area contributed by atoms with Gasteiger partial charge in [-0.1, -0.05) is 0 Å². The minimum atomic E-state index is -0.512. The van der Waals surface area contributed by atoms with Gasteiger partial charge >= 0.3 is 6.09 Å². The van der Waals surface area contributed by atoms with Crippen LogP contribution in [0.1, 0.15) is 33.6 Å². The van der Waals surface area contributed by atoms with E-state index in [9.17, 15) is 9.18 Å². The molecular formula is C18H26FN5O3. The van der Waals surface area contributed by atoms with E-state index >= 15 is 0 Å². The second-order valence-electron chi connectivity index (χ2n) is 7.00. The number of unbranched alkanes of at least 4 members (excludes halogenated alkanes) is 1. The number of methoxy groups -OCH3 is 1. The maximum atomic E-state index is 13.8. The second-order valence-corrected chi connectivity index (χ2v) is 7.00. The number of nitrogens with two attached hydrogens (primary N) is 1. The lowest BCUT2D eigenvalue weighted by molar-refractivity contribution is 0.0527. The van der Waals surface area contributed by atoms with Crippen molar-refractivity contribution in [1.82, 2.24) is 15.3 Å². The number of rotatable bonds is 7. The Balaban J connectivity index is 1.83. The minimum Gasteiger partial charge on any atom is -0.494 e. The molecule has 0 aliphatic heterocycles. The maximum Gasteiger partial charge on any atom is 0.407 e. The molecule has 2 rings (SSSR count). The number of fused-ring (bicyclic) bond motifs is 1. The largest absolute Gasteiger partial charge is 0.494 e. The summed E-state index contributed by atoms with van der Waals surface area (Å²) in [6, 6.07) is 2.72. The SMILES string of the molecule is COc1cc2nc(N)c(NCCCCNC(=O)OC(C)(C)C)nc2cc1F. The first kappa shape index (κ1) is 20.5. The van der Waals surface area contributed by atoms with Crippen LogP contribution in [0.25, 0.3) is 11.0 Å². The summed E-state index contributed by atoms with van der Waals surface area (Å²) >= 11 is 0. The molecule has 1 amide bonds. The van der Waals surface area contributed by atoms with Crippen LogP contribution >= 0.6 is 0 Å². The third kappa shape index (κ3) is 6.12. The smallest absolute Gasteiger partial charge is 0.407 e. The highest BCUT2D eigenvalue weighted by molar-refractivity contribution is 5.81. The van der Waals surface area contributed by atoms with Crippen LogP contribution in [0.2, 0.25) is 0 Å². The summed E-state index contributed by atoms with van der Waals surface area (Å²) in [7, 11) is 1.38. The van der Waals surface area contributed by atoms with E-state index in [4.69, 9.17) is 15.2 Å². The Hall–Kier alpha value is -2.84. The fourth-order valence-corrected chi connectivity index (χ4v) is 2.32. The van der Waals surface area contributed by atoms with E-state index in [1.165, 1.54) is 19.2 Å². The summed E-state index contributed by atoms with van der Waals surface area (Å²) in [6.07, 6.45) is 1.09. The number of nitrogens with one attached hydrogen (secondary N) is 2. The Morgan fingerprint density at radius 3 is 2.52 bits per heavy atom. The predicted octanol–water partition coefficient (Wildman–Crippen LogP) is 3.08. The van der Waals surface area contributed by atoms with Crippen molar-refractivity contribution in [3.63, 3.8) is 0 Å². The summed E-state index contributed by atoms with van der Waals surface area (Å²) in [5.41, 5.74) is 6.24. The van der Waals surface area contributed by atoms with Crippen LogP contribution in [0.15, 0.2) is 12.1 Å². The number of aromatic nitrogens is 2. The molecule has 1 heterocycles. The van der Waals surface area contributed by atoms with Gasteiger partial charge in [0.1, 0.15) is 5.60 Å². The molecule has 0 atom stereocenters. The Bertz CT molecular complexity index is 808.